The summed E-state index contributed by atoms with van der Waals surface area (Å²) in [6, 6.07) is 0.697. The van der Waals surface area contributed by atoms with Gasteiger partial charge >= 0.3 is 0 Å². The van der Waals surface area contributed by atoms with Crippen LogP contribution in [0.5, 0.6) is 0 Å². The van der Waals surface area contributed by atoms with Crippen LogP contribution in [-0.2, 0) is 0 Å². The van der Waals surface area contributed by atoms with Crippen LogP contribution in [0.2, 0.25) is 0 Å². The molecule has 0 radical (unpaired) electrons. The molecular formula is C30H62N4. The van der Waals surface area contributed by atoms with E-state index < -0.39 is 0 Å². The molecule has 3 N–H and O–H groups in total. The van der Waals surface area contributed by atoms with Gasteiger partial charge in [-0.1, -0.05) is 86.0 Å². The van der Waals surface area contributed by atoms with Gasteiger partial charge in [0.1, 0.15) is 0 Å². The highest BCUT2D eigenvalue weighted by molar-refractivity contribution is 6.42. The third kappa shape index (κ3) is 17.7. The first-order chi connectivity index (χ1) is 16.7. The van der Waals surface area contributed by atoms with Gasteiger partial charge in [-0.3, -0.25) is 9.98 Å². The molecule has 0 spiro atoms. The second kappa shape index (κ2) is 25.4. The SMILES string of the molecule is CCCCCCC(CCC)C(CCC)NCCCCN=C(CCC)C(CCC)=NCCCCN. The van der Waals surface area contributed by atoms with Crippen LogP contribution in [0.25, 0.3) is 0 Å². The van der Waals surface area contributed by atoms with Gasteiger partial charge in [-0.05, 0) is 76.8 Å². The summed E-state index contributed by atoms with van der Waals surface area (Å²) in [5.41, 5.74) is 8.16. The largest absolute Gasteiger partial charge is 0.330 e. The Balaban J connectivity index is 4.68. The molecule has 0 fully saturated rings. The van der Waals surface area contributed by atoms with Crippen molar-refractivity contribution in [3.63, 3.8) is 0 Å². The van der Waals surface area contributed by atoms with Gasteiger partial charge in [0.2, 0.25) is 0 Å². The van der Waals surface area contributed by atoms with Crippen molar-refractivity contribution in [2.75, 3.05) is 26.2 Å². The summed E-state index contributed by atoms with van der Waals surface area (Å²) < 4.78 is 0. The zero-order valence-corrected chi connectivity index (χ0v) is 24.0. The van der Waals surface area contributed by atoms with E-state index in [1.165, 1.54) is 82.1 Å². The minimum atomic E-state index is 0.697. The molecule has 202 valence electrons. The van der Waals surface area contributed by atoms with Crippen LogP contribution >= 0.6 is 0 Å². The van der Waals surface area contributed by atoms with Gasteiger partial charge in [0.15, 0.2) is 0 Å². The third-order valence-electron chi connectivity index (χ3n) is 6.77. The quantitative estimate of drug-likeness (QED) is 0.103. The molecule has 0 aliphatic carbocycles. The highest BCUT2D eigenvalue weighted by Gasteiger charge is 2.19. The normalized spacial score (nSPS) is 14.5. The van der Waals surface area contributed by atoms with E-state index in [1.807, 2.05) is 0 Å². The van der Waals surface area contributed by atoms with E-state index in [1.54, 1.807) is 0 Å². The maximum Gasteiger partial charge on any atom is 0.0558 e. The number of hydrogen-bond donors (Lipinski definition) is 2. The van der Waals surface area contributed by atoms with Crippen molar-refractivity contribution in [2.45, 2.75) is 150 Å². The lowest BCUT2D eigenvalue weighted by atomic mass is 9.87. The molecule has 0 saturated carbocycles. The van der Waals surface area contributed by atoms with Crippen molar-refractivity contribution in [3.8, 4) is 0 Å². The van der Waals surface area contributed by atoms with E-state index in [2.05, 4.69) is 39.9 Å². The Morgan fingerprint density at radius 1 is 0.618 bits per heavy atom. The minimum Gasteiger partial charge on any atom is -0.330 e. The van der Waals surface area contributed by atoms with E-state index in [0.717, 1.165) is 70.6 Å². The zero-order chi connectivity index (χ0) is 25.3. The van der Waals surface area contributed by atoms with E-state index in [0.29, 0.717) is 6.04 Å². The van der Waals surface area contributed by atoms with Crippen LogP contribution in [0.15, 0.2) is 9.98 Å². The number of rotatable bonds is 25. The molecule has 0 aliphatic rings. The standard InChI is InChI=1S/C30H62N4/c1-6-11-12-13-22-27(18-7-2)28(19-8-3)32-25-16-17-26-34-30(21-10-5)29(20-9-4)33-24-15-14-23-31/h27-28,32H,6-26,31H2,1-5H3. The van der Waals surface area contributed by atoms with Gasteiger partial charge in [0.05, 0.1) is 11.4 Å². The molecule has 4 heteroatoms. The summed E-state index contributed by atoms with van der Waals surface area (Å²) in [6.45, 7) is 15.2. The van der Waals surface area contributed by atoms with Crippen molar-refractivity contribution in [1.82, 2.24) is 5.32 Å². The van der Waals surface area contributed by atoms with Crippen molar-refractivity contribution >= 4 is 11.4 Å². The fourth-order valence-corrected chi connectivity index (χ4v) is 4.88. The average molecular weight is 479 g/mol. The van der Waals surface area contributed by atoms with Crippen molar-refractivity contribution < 1.29 is 0 Å². The van der Waals surface area contributed by atoms with Gasteiger partial charge < -0.3 is 11.1 Å². The second-order valence-corrected chi connectivity index (χ2v) is 10.1. The van der Waals surface area contributed by atoms with E-state index >= 15 is 0 Å². The fraction of sp³-hybridized carbons (Fsp3) is 0.933. The Morgan fingerprint density at radius 2 is 1.24 bits per heavy atom. The first kappa shape index (κ1) is 33.3. The number of hydrogen-bond acceptors (Lipinski definition) is 4. The van der Waals surface area contributed by atoms with E-state index in [9.17, 15) is 0 Å². The van der Waals surface area contributed by atoms with Gasteiger partial charge in [0, 0.05) is 19.1 Å². The number of nitrogens with zero attached hydrogens (tertiary/aromatic N) is 2. The molecule has 0 bridgehead atoms. The Labute approximate surface area is 214 Å². The Morgan fingerprint density at radius 3 is 1.76 bits per heavy atom. The fourth-order valence-electron chi connectivity index (χ4n) is 4.88. The van der Waals surface area contributed by atoms with Crippen LogP contribution < -0.4 is 11.1 Å². The molecule has 2 atom stereocenters. The monoisotopic (exact) mass is 478 g/mol. The highest BCUT2D eigenvalue weighted by Crippen LogP contribution is 2.23. The number of nitrogens with one attached hydrogen (secondary N) is 1. The number of aliphatic imine (C=N–C) groups is 2. The Bertz CT molecular complexity index is 486. The van der Waals surface area contributed by atoms with Crippen molar-refractivity contribution in [1.29, 1.82) is 0 Å². The first-order valence-corrected chi connectivity index (χ1v) is 15.2. The predicted molar refractivity (Wildman–Crippen MR) is 156 cm³/mol. The first-order valence-electron chi connectivity index (χ1n) is 15.2. The molecule has 0 saturated heterocycles. The van der Waals surface area contributed by atoms with Crippen molar-refractivity contribution in [3.05, 3.63) is 0 Å². The summed E-state index contributed by atoms with van der Waals surface area (Å²) in [7, 11) is 0. The average Bonchev–Trinajstić information content (AvgIpc) is 2.84. The molecule has 0 amide bonds. The van der Waals surface area contributed by atoms with Crippen molar-refractivity contribution in [2.24, 2.45) is 21.6 Å². The van der Waals surface area contributed by atoms with Crippen LogP contribution in [0.4, 0.5) is 0 Å². The summed E-state index contributed by atoms with van der Waals surface area (Å²) in [5.74, 6) is 0.850. The molecule has 0 aromatic heterocycles. The molecule has 0 aromatic carbocycles. The van der Waals surface area contributed by atoms with Crippen LogP contribution in [-0.4, -0.2) is 43.6 Å². The van der Waals surface area contributed by atoms with Gasteiger partial charge in [0.25, 0.3) is 0 Å². The van der Waals surface area contributed by atoms with Crippen LogP contribution in [0, 0.1) is 5.92 Å². The topological polar surface area (TPSA) is 62.8 Å². The molecule has 0 aliphatic heterocycles. The molecule has 34 heavy (non-hydrogen) atoms. The van der Waals surface area contributed by atoms with Gasteiger partial charge in [-0.25, -0.2) is 0 Å². The predicted octanol–water partition coefficient (Wildman–Crippen LogP) is 8.13. The molecule has 0 heterocycles. The molecule has 2 unspecified atom stereocenters. The summed E-state index contributed by atoms with van der Waals surface area (Å²) in [4.78, 5) is 9.96. The molecule has 0 aromatic rings. The summed E-state index contributed by atoms with van der Waals surface area (Å²) in [5, 5.41) is 3.96. The lowest BCUT2D eigenvalue weighted by Crippen LogP contribution is -2.37. The molecule has 0 rings (SSSR count). The molecular weight excluding hydrogens is 416 g/mol. The third-order valence-corrected chi connectivity index (χ3v) is 6.77. The summed E-state index contributed by atoms with van der Waals surface area (Å²) >= 11 is 0. The smallest absolute Gasteiger partial charge is 0.0558 e. The van der Waals surface area contributed by atoms with E-state index in [-0.39, 0.29) is 0 Å². The maximum absolute atomic E-state index is 5.64. The highest BCUT2D eigenvalue weighted by atomic mass is 14.9. The minimum absolute atomic E-state index is 0.697. The van der Waals surface area contributed by atoms with Crippen LogP contribution in [0.1, 0.15) is 144 Å². The Kier molecular flexibility index (Phi) is 24.8. The zero-order valence-electron chi connectivity index (χ0n) is 24.0. The van der Waals surface area contributed by atoms with Gasteiger partial charge in [-0.15, -0.1) is 0 Å². The Hall–Kier alpha value is -0.740. The van der Waals surface area contributed by atoms with E-state index in [4.69, 9.17) is 15.7 Å². The maximum atomic E-state index is 5.64. The van der Waals surface area contributed by atoms with Crippen LogP contribution in [0.3, 0.4) is 0 Å². The lowest BCUT2D eigenvalue weighted by Gasteiger charge is -2.28. The number of nitrogens with two attached hydrogens (primary N) is 1. The lowest BCUT2D eigenvalue weighted by molar-refractivity contribution is 0.287. The second-order valence-electron chi connectivity index (χ2n) is 10.1. The summed E-state index contributed by atoms with van der Waals surface area (Å²) in [6.07, 6.45) is 21.1. The molecule has 4 nitrogen and oxygen atoms in total. The van der Waals surface area contributed by atoms with Gasteiger partial charge in [-0.2, -0.15) is 0 Å². The number of unbranched alkanes of at least 4 members (excludes halogenated alkanes) is 5.